The summed E-state index contributed by atoms with van der Waals surface area (Å²) in [6.07, 6.45) is 0. The molecule has 0 nitrogen and oxygen atoms in total. The van der Waals surface area contributed by atoms with Gasteiger partial charge in [0.15, 0.2) is 0 Å². The van der Waals surface area contributed by atoms with Crippen molar-refractivity contribution in [3.8, 4) is 66.8 Å². The van der Waals surface area contributed by atoms with Crippen molar-refractivity contribution >= 4 is 108 Å². The van der Waals surface area contributed by atoms with Crippen LogP contribution in [0.5, 0.6) is 0 Å². The molecule has 0 N–H and O–H groups in total. The monoisotopic (exact) mass is 878 g/mol. The molecule has 0 spiro atoms. The fourth-order valence-electron chi connectivity index (χ4n) is 13.7. The van der Waals surface area contributed by atoms with Gasteiger partial charge in [-0.15, -0.1) is 0 Å². The number of hydrogen-bond donors (Lipinski definition) is 0. The SMILES string of the molecule is c1ccc(-c2ccccc2-c2ccc3c(c2)-c2ccc4c5ccc6c7c(ccc(c8ccc-3c2c84)c57)c2c(-c3ccccc3-c3ccccc3)c3cc4ccccc4c4c5ccccc5c(c62)c34)cc1. The van der Waals surface area contributed by atoms with E-state index in [4.69, 9.17) is 0 Å². The first-order chi connectivity index (χ1) is 34.8. The van der Waals surface area contributed by atoms with Crippen LogP contribution in [0.25, 0.3) is 174 Å². The van der Waals surface area contributed by atoms with Crippen LogP contribution in [0.2, 0.25) is 0 Å². The summed E-state index contributed by atoms with van der Waals surface area (Å²) in [6, 6.07) is 87.2. The van der Waals surface area contributed by atoms with Crippen LogP contribution in [-0.4, -0.2) is 0 Å². The summed E-state index contributed by atoms with van der Waals surface area (Å²) in [5.74, 6) is 0. The van der Waals surface area contributed by atoms with Gasteiger partial charge in [0, 0.05) is 0 Å². The maximum Gasteiger partial charge on any atom is -0.000695 e. The zero-order valence-electron chi connectivity index (χ0n) is 37.9. The Hall–Kier alpha value is -9.10. The van der Waals surface area contributed by atoms with E-state index in [1.165, 1.54) is 174 Å². The maximum absolute atomic E-state index is 2.50. The van der Waals surface area contributed by atoms with Crippen LogP contribution >= 0.6 is 0 Å². The van der Waals surface area contributed by atoms with Crippen LogP contribution in [0.1, 0.15) is 0 Å². The van der Waals surface area contributed by atoms with E-state index >= 15 is 0 Å². The molecule has 16 aromatic rings. The molecule has 0 radical (unpaired) electrons. The lowest BCUT2D eigenvalue weighted by Gasteiger charge is -2.17. The van der Waals surface area contributed by atoms with Crippen LogP contribution in [-0.2, 0) is 0 Å². The molecule has 0 saturated carbocycles. The highest BCUT2D eigenvalue weighted by atomic mass is 14.3. The number of rotatable bonds is 4. The third kappa shape index (κ3) is 4.57. The molecule has 0 heterocycles. The van der Waals surface area contributed by atoms with E-state index in [1.54, 1.807) is 0 Å². The van der Waals surface area contributed by atoms with Crippen LogP contribution in [0.3, 0.4) is 0 Å². The Labute approximate surface area is 402 Å². The third-order valence-corrected chi connectivity index (χ3v) is 16.4. The van der Waals surface area contributed by atoms with E-state index in [2.05, 4.69) is 231 Å². The van der Waals surface area contributed by atoms with Gasteiger partial charge in [-0.05, 0) is 187 Å². The summed E-state index contributed by atoms with van der Waals surface area (Å²) in [4.78, 5) is 0. The summed E-state index contributed by atoms with van der Waals surface area (Å²) >= 11 is 0. The zero-order valence-corrected chi connectivity index (χ0v) is 37.9. The predicted octanol–water partition coefficient (Wildman–Crippen LogP) is 19.8. The minimum Gasteiger partial charge on any atom is -0.0622 e. The summed E-state index contributed by atoms with van der Waals surface area (Å²) in [5, 5.41) is 26.8. The maximum atomic E-state index is 2.50. The van der Waals surface area contributed by atoms with Gasteiger partial charge in [0.25, 0.3) is 0 Å². The van der Waals surface area contributed by atoms with Crippen molar-refractivity contribution in [3.63, 3.8) is 0 Å². The third-order valence-electron chi connectivity index (χ3n) is 16.4. The fourth-order valence-corrected chi connectivity index (χ4v) is 13.7. The van der Waals surface area contributed by atoms with Crippen molar-refractivity contribution in [1.29, 1.82) is 0 Å². The van der Waals surface area contributed by atoms with Gasteiger partial charge in [0.1, 0.15) is 0 Å². The van der Waals surface area contributed by atoms with E-state index < -0.39 is 0 Å². The zero-order chi connectivity index (χ0) is 45.3. The highest BCUT2D eigenvalue weighted by molar-refractivity contribution is 6.52. The average molecular weight is 879 g/mol. The molecule has 0 fully saturated rings. The Morgan fingerprint density at radius 2 is 0.557 bits per heavy atom. The van der Waals surface area contributed by atoms with E-state index in [0.29, 0.717) is 0 Å². The Bertz CT molecular complexity index is 4880. The van der Waals surface area contributed by atoms with Gasteiger partial charge in [-0.1, -0.05) is 218 Å². The van der Waals surface area contributed by atoms with E-state index in [1.807, 2.05) is 0 Å². The molecule has 1 aliphatic rings. The second-order valence-corrected chi connectivity index (χ2v) is 19.7. The molecular weight excluding hydrogens is 841 g/mol. The quantitative estimate of drug-likeness (QED) is 0.122. The standard InChI is InChI=1S/C70H38/c1-3-15-39(16-4-1)43-20-9-10-22-45(43)42-27-28-47-51-29-30-52-54-33-35-57-66-58(36-34-55(64(54)66)53-31-32-56(59(47)37-42)62(51)63(52)53)69-67-50-26-14-13-25-49(50)61-46-23-8-7-19-41(46)38-60(70(61)67)65(68(57)69)48-24-12-11-21-44(48)40-17-5-2-6-18-40/h1-38H. The topological polar surface area (TPSA) is 0 Å². The van der Waals surface area contributed by atoms with E-state index in [-0.39, 0.29) is 0 Å². The summed E-state index contributed by atoms with van der Waals surface area (Å²) in [6.45, 7) is 0. The molecule has 1 aliphatic carbocycles. The molecular formula is C70H38. The van der Waals surface area contributed by atoms with Gasteiger partial charge in [0.05, 0.1) is 0 Å². The van der Waals surface area contributed by atoms with Crippen molar-refractivity contribution in [2.75, 3.05) is 0 Å². The smallest absolute Gasteiger partial charge is 0.000695 e. The van der Waals surface area contributed by atoms with Crippen molar-refractivity contribution < 1.29 is 0 Å². The van der Waals surface area contributed by atoms with Gasteiger partial charge in [0.2, 0.25) is 0 Å². The summed E-state index contributed by atoms with van der Waals surface area (Å²) in [7, 11) is 0. The van der Waals surface area contributed by atoms with Crippen LogP contribution < -0.4 is 0 Å². The summed E-state index contributed by atoms with van der Waals surface area (Å²) < 4.78 is 0. The molecule has 0 bridgehead atoms. The molecule has 0 atom stereocenters. The largest absolute Gasteiger partial charge is 0.0622 e. The lowest BCUT2D eigenvalue weighted by atomic mass is 9.85. The van der Waals surface area contributed by atoms with Crippen molar-refractivity contribution in [2.24, 2.45) is 0 Å². The molecule has 0 heteroatoms. The van der Waals surface area contributed by atoms with Crippen molar-refractivity contribution in [2.45, 2.75) is 0 Å². The number of fused-ring (bicyclic) bond motifs is 14. The summed E-state index contributed by atoms with van der Waals surface area (Å²) in [5.41, 5.74) is 15.4. The van der Waals surface area contributed by atoms with Crippen molar-refractivity contribution in [1.82, 2.24) is 0 Å². The molecule has 17 rings (SSSR count). The van der Waals surface area contributed by atoms with Crippen LogP contribution in [0.4, 0.5) is 0 Å². The Morgan fingerprint density at radius 3 is 1.23 bits per heavy atom. The van der Waals surface area contributed by atoms with Gasteiger partial charge < -0.3 is 0 Å². The predicted molar refractivity (Wildman–Crippen MR) is 301 cm³/mol. The second-order valence-electron chi connectivity index (χ2n) is 19.7. The minimum atomic E-state index is 1.23. The first kappa shape index (κ1) is 37.0. The van der Waals surface area contributed by atoms with Crippen molar-refractivity contribution in [3.05, 3.63) is 231 Å². The lowest BCUT2D eigenvalue weighted by molar-refractivity contribution is 1.58. The Kier molecular flexibility index (Phi) is 7.03. The molecule has 0 aromatic heterocycles. The van der Waals surface area contributed by atoms with E-state index in [0.717, 1.165) is 0 Å². The molecule has 318 valence electrons. The molecule has 16 aromatic carbocycles. The van der Waals surface area contributed by atoms with Crippen LogP contribution in [0.15, 0.2) is 231 Å². The van der Waals surface area contributed by atoms with Gasteiger partial charge in [-0.3, -0.25) is 0 Å². The Balaban J connectivity index is 0.994. The molecule has 0 amide bonds. The second kappa shape index (κ2) is 13.3. The highest BCUT2D eigenvalue weighted by Gasteiger charge is 2.30. The molecule has 0 saturated heterocycles. The lowest BCUT2D eigenvalue weighted by Crippen LogP contribution is -1.90. The van der Waals surface area contributed by atoms with Gasteiger partial charge in [-0.2, -0.15) is 0 Å². The molecule has 0 aliphatic heterocycles. The normalized spacial score (nSPS) is 12.6. The fraction of sp³-hybridized carbons (Fsp3) is 0. The number of hydrogen-bond acceptors (Lipinski definition) is 0. The minimum absolute atomic E-state index is 1.23. The van der Waals surface area contributed by atoms with Crippen LogP contribution in [0, 0.1) is 0 Å². The molecule has 0 unspecified atom stereocenters. The van der Waals surface area contributed by atoms with E-state index in [9.17, 15) is 0 Å². The number of benzene rings is 14. The Morgan fingerprint density at radius 1 is 0.157 bits per heavy atom. The highest BCUT2D eigenvalue weighted by Crippen LogP contribution is 2.58. The van der Waals surface area contributed by atoms with Gasteiger partial charge >= 0.3 is 0 Å². The van der Waals surface area contributed by atoms with Gasteiger partial charge in [-0.25, -0.2) is 0 Å². The molecule has 70 heavy (non-hydrogen) atoms. The first-order valence-electron chi connectivity index (χ1n) is 24.6. The average Bonchev–Trinajstić information content (AvgIpc) is 4.08. The first-order valence-corrected chi connectivity index (χ1v) is 24.6.